The number of aromatic nitrogens is 4. The van der Waals surface area contributed by atoms with Gasteiger partial charge in [0.2, 0.25) is 5.16 Å². The Kier molecular flexibility index (Phi) is 8.05. The Morgan fingerprint density at radius 2 is 1.88 bits per heavy atom. The van der Waals surface area contributed by atoms with E-state index in [-0.39, 0.29) is 41.0 Å². The summed E-state index contributed by atoms with van der Waals surface area (Å²) in [4.78, 5) is 37.0. The van der Waals surface area contributed by atoms with Gasteiger partial charge in [0.1, 0.15) is 15.2 Å². The molecule has 1 aromatic carbocycles. The number of nitrogens with two attached hydrogens (primary N) is 1. The molecule has 3 aromatic rings. The molecule has 2 aromatic heterocycles. The lowest BCUT2D eigenvalue weighted by Gasteiger charge is -2.21. The fraction of sp³-hybridized carbons (Fsp3) is 0.455. The van der Waals surface area contributed by atoms with E-state index in [1.807, 2.05) is 37.3 Å². The van der Waals surface area contributed by atoms with E-state index < -0.39 is 21.4 Å². The van der Waals surface area contributed by atoms with Crippen molar-refractivity contribution in [3.8, 4) is 0 Å². The van der Waals surface area contributed by atoms with Crippen molar-refractivity contribution in [1.29, 1.82) is 4.78 Å². The number of carbonyl (C=O) groups excluding carboxylic acids is 1. The van der Waals surface area contributed by atoms with Gasteiger partial charge in [0.05, 0.1) is 13.2 Å². The Hall–Kier alpha value is -3.25. The minimum atomic E-state index is -3.31. The van der Waals surface area contributed by atoms with Crippen LogP contribution >= 0.6 is 0 Å². The molecule has 11 nitrogen and oxygen atoms in total. The first-order chi connectivity index (χ1) is 16.2. The Balaban J connectivity index is 2.27. The molecule has 3 N–H and O–H groups in total. The summed E-state index contributed by atoms with van der Waals surface area (Å²) in [5.74, 6) is -0.113. The summed E-state index contributed by atoms with van der Waals surface area (Å²) >= 11 is 0. The van der Waals surface area contributed by atoms with Crippen molar-refractivity contribution < 1.29 is 13.7 Å². The molecule has 2 heterocycles. The maximum Gasteiger partial charge on any atom is 0.339 e. The lowest BCUT2D eigenvalue weighted by atomic mass is 10.2. The molecular weight excluding hydrogens is 458 g/mol. The molecule has 3 rings (SSSR count). The Morgan fingerprint density at radius 3 is 2.50 bits per heavy atom. The fourth-order valence-corrected chi connectivity index (χ4v) is 4.91. The number of amides is 1. The van der Waals surface area contributed by atoms with E-state index in [0.717, 1.165) is 10.1 Å². The first kappa shape index (κ1) is 25.4. The minimum Gasteiger partial charge on any atom is -0.383 e. The van der Waals surface area contributed by atoms with Crippen molar-refractivity contribution in [3.05, 3.63) is 46.4 Å². The highest BCUT2D eigenvalue weighted by Crippen LogP contribution is 2.22. The molecule has 0 spiro atoms. The molecule has 0 saturated carbocycles. The summed E-state index contributed by atoms with van der Waals surface area (Å²) in [5, 5.41) is -0.240. The number of imidazole rings is 1. The third-order valence-electron chi connectivity index (χ3n) is 5.26. The van der Waals surface area contributed by atoms with Crippen molar-refractivity contribution in [3.63, 3.8) is 0 Å². The standard InChI is InChI=1S/C22H31N7O4S/c1-4-11-27(12-13-33-3)21(30)29-17-18(23)25-20(34(24,32)14-5-2)26-19(17)28(22(29)31)15-16-9-7-6-8-10-16/h6-10,24H,4-5,11-15H2,1-3H3,(H2,23,25,26). The van der Waals surface area contributed by atoms with Crippen molar-refractivity contribution >= 4 is 32.7 Å². The van der Waals surface area contributed by atoms with Crippen molar-refractivity contribution in [1.82, 2.24) is 24.0 Å². The predicted molar refractivity (Wildman–Crippen MR) is 131 cm³/mol. The van der Waals surface area contributed by atoms with E-state index in [9.17, 15) is 13.8 Å². The molecule has 0 aliphatic carbocycles. The number of nitrogens with zero attached hydrogens (tertiary/aromatic N) is 5. The van der Waals surface area contributed by atoms with Gasteiger partial charge in [-0.05, 0) is 18.4 Å². The summed E-state index contributed by atoms with van der Waals surface area (Å²) < 4.78 is 28.5. The molecule has 0 aliphatic heterocycles. The van der Waals surface area contributed by atoms with Gasteiger partial charge in [-0.1, -0.05) is 44.2 Å². The summed E-state index contributed by atoms with van der Waals surface area (Å²) in [7, 11) is -1.78. The van der Waals surface area contributed by atoms with Crippen LogP contribution in [0.1, 0.15) is 32.3 Å². The van der Waals surface area contributed by atoms with Gasteiger partial charge >= 0.3 is 11.7 Å². The molecule has 0 radical (unpaired) electrons. The fourth-order valence-electron chi connectivity index (χ4n) is 3.68. The van der Waals surface area contributed by atoms with Gasteiger partial charge in [0.15, 0.2) is 11.5 Å². The van der Waals surface area contributed by atoms with E-state index in [0.29, 0.717) is 26.0 Å². The number of ether oxygens (including phenoxy) is 1. The topological polar surface area (TPSA) is 149 Å². The van der Waals surface area contributed by atoms with E-state index in [1.165, 1.54) is 16.6 Å². The van der Waals surface area contributed by atoms with Crippen LogP contribution in [0.3, 0.4) is 0 Å². The second-order valence-corrected chi connectivity index (χ2v) is 10.0. The van der Waals surface area contributed by atoms with Gasteiger partial charge in [0, 0.05) is 26.0 Å². The number of nitrogen functional groups attached to an aromatic ring is 1. The quantitative estimate of drug-likeness (QED) is 0.415. The average molecular weight is 490 g/mol. The van der Waals surface area contributed by atoms with E-state index in [4.69, 9.17) is 15.3 Å². The first-order valence-electron chi connectivity index (χ1n) is 11.1. The third-order valence-corrected chi connectivity index (χ3v) is 7.02. The number of fused-ring (bicyclic) bond motifs is 1. The lowest BCUT2D eigenvalue weighted by Crippen LogP contribution is -2.42. The molecule has 0 saturated heterocycles. The average Bonchev–Trinajstić information content (AvgIpc) is 3.08. The highest BCUT2D eigenvalue weighted by molar-refractivity contribution is 7.92. The van der Waals surface area contributed by atoms with Crippen LogP contribution in [0, 0.1) is 4.78 Å². The van der Waals surface area contributed by atoms with Crippen LogP contribution in [0.4, 0.5) is 10.6 Å². The van der Waals surface area contributed by atoms with E-state index in [2.05, 4.69) is 9.97 Å². The Bertz CT molecular complexity index is 1320. The zero-order valence-electron chi connectivity index (χ0n) is 19.7. The van der Waals surface area contributed by atoms with Crippen LogP contribution in [-0.2, 0) is 21.0 Å². The molecule has 1 unspecified atom stereocenters. The van der Waals surface area contributed by atoms with Crippen LogP contribution in [0.25, 0.3) is 11.2 Å². The van der Waals surface area contributed by atoms with Crippen LogP contribution in [0.5, 0.6) is 0 Å². The van der Waals surface area contributed by atoms with Crippen LogP contribution in [-0.4, -0.2) is 66.8 Å². The Morgan fingerprint density at radius 1 is 1.18 bits per heavy atom. The third kappa shape index (κ3) is 5.12. The summed E-state index contributed by atoms with van der Waals surface area (Å²) in [6.07, 6.45) is 1.17. The van der Waals surface area contributed by atoms with Crippen molar-refractivity contribution in [2.24, 2.45) is 0 Å². The van der Waals surface area contributed by atoms with Gasteiger partial charge in [-0.25, -0.2) is 28.1 Å². The van der Waals surface area contributed by atoms with E-state index >= 15 is 0 Å². The summed E-state index contributed by atoms with van der Waals surface area (Å²) in [6, 6.07) is 8.65. The molecular formula is C22H31N7O4S. The molecule has 1 amide bonds. The second-order valence-electron chi connectivity index (χ2n) is 7.90. The van der Waals surface area contributed by atoms with Crippen LogP contribution < -0.4 is 11.4 Å². The maximum absolute atomic E-state index is 13.6. The number of methoxy groups -OCH3 is 1. The number of benzene rings is 1. The number of rotatable bonds is 10. The minimum absolute atomic E-state index is 0.0416. The van der Waals surface area contributed by atoms with Gasteiger partial charge < -0.3 is 15.4 Å². The molecule has 0 bridgehead atoms. The van der Waals surface area contributed by atoms with E-state index in [1.54, 1.807) is 6.92 Å². The SMILES string of the molecule is CCCN(CCOC)C(=O)n1c(=O)n(Cc2ccccc2)c2nc(S(=N)(=O)CCC)nc(N)c21. The zero-order chi connectivity index (χ0) is 24.9. The highest BCUT2D eigenvalue weighted by Gasteiger charge is 2.28. The summed E-state index contributed by atoms with van der Waals surface area (Å²) in [5.41, 5.74) is 6.50. The molecule has 12 heteroatoms. The van der Waals surface area contributed by atoms with Gasteiger partial charge in [-0.15, -0.1) is 0 Å². The van der Waals surface area contributed by atoms with Gasteiger partial charge in [0.25, 0.3) is 0 Å². The number of hydrogen-bond acceptors (Lipinski definition) is 8. The normalized spacial score (nSPS) is 13.1. The second kappa shape index (κ2) is 10.8. The monoisotopic (exact) mass is 489 g/mol. The smallest absolute Gasteiger partial charge is 0.339 e. The first-order valence-corrected chi connectivity index (χ1v) is 12.8. The van der Waals surface area contributed by atoms with Crippen molar-refractivity contribution in [2.75, 3.05) is 38.3 Å². The molecule has 184 valence electrons. The summed E-state index contributed by atoms with van der Waals surface area (Å²) in [6.45, 7) is 4.85. The van der Waals surface area contributed by atoms with Gasteiger partial charge in [-0.2, -0.15) is 4.98 Å². The maximum atomic E-state index is 13.6. The Labute approximate surface area is 198 Å². The number of nitrogens with one attached hydrogen (secondary N) is 1. The number of hydrogen-bond donors (Lipinski definition) is 2. The highest BCUT2D eigenvalue weighted by atomic mass is 32.2. The van der Waals surface area contributed by atoms with Gasteiger partial charge in [-0.3, -0.25) is 4.57 Å². The molecule has 0 aliphatic rings. The van der Waals surface area contributed by atoms with Crippen molar-refractivity contribution in [2.45, 2.75) is 38.4 Å². The molecule has 1 atom stereocenters. The predicted octanol–water partition coefficient (Wildman–Crippen LogP) is 2.37. The van der Waals surface area contributed by atoms with Crippen LogP contribution in [0.15, 0.2) is 40.3 Å². The number of anilines is 1. The van der Waals surface area contributed by atoms with Crippen LogP contribution in [0.2, 0.25) is 0 Å². The zero-order valence-corrected chi connectivity index (χ0v) is 20.5. The lowest BCUT2D eigenvalue weighted by molar-refractivity contribution is 0.150. The molecule has 0 fully saturated rings. The molecule has 34 heavy (non-hydrogen) atoms. The largest absolute Gasteiger partial charge is 0.383 e. The number of carbonyl (C=O) groups is 1.